The van der Waals surface area contributed by atoms with Gasteiger partial charge in [-0.25, -0.2) is 0 Å². The van der Waals surface area contributed by atoms with Crippen molar-refractivity contribution in [1.29, 1.82) is 0 Å². The molecule has 0 fully saturated rings. The summed E-state index contributed by atoms with van der Waals surface area (Å²) in [7, 11) is 0. The van der Waals surface area contributed by atoms with Crippen LogP contribution in [0.25, 0.3) is 0 Å². The van der Waals surface area contributed by atoms with Crippen molar-refractivity contribution < 1.29 is 4.79 Å². The van der Waals surface area contributed by atoms with Crippen LogP contribution in [0.5, 0.6) is 0 Å². The minimum Gasteiger partial charge on any atom is -0.351 e. The summed E-state index contributed by atoms with van der Waals surface area (Å²) < 4.78 is 0. The smallest absolute Gasteiger partial charge is 0.233 e. The largest absolute Gasteiger partial charge is 0.351 e. The molecule has 106 valence electrons. The Labute approximate surface area is 129 Å². The summed E-state index contributed by atoms with van der Waals surface area (Å²) >= 11 is 13.5. The summed E-state index contributed by atoms with van der Waals surface area (Å²) in [5.41, 5.74) is 0.788. The summed E-state index contributed by atoms with van der Waals surface area (Å²) in [6, 6.07) is 5.42. The van der Waals surface area contributed by atoms with Crippen LogP contribution in [0.1, 0.15) is 33.3 Å². The number of carbonyl (C=O) groups excluding carboxylic acids is 1. The second-order valence-corrected chi connectivity index (χ2v) is 7.60. The van der Waals surface area contributed by atoms with Crippen LogP contribution in [-0.2, 0) is 10.5 Å². The van der Waals surface area contributed by atoms with Gasteiger partial charge >= 0.3 is 0 Å². The number of carbonyl (C=O) groups is 1. The Bertz CT molecular complexity index is 457. The highest BCUT2D eigenvalue weighted by Gasteiger charge is 2.19. The molecule has 1 amide bonds. The Morgan fingerprint density at radius 3 is 2.53 bits per heavy atom. The molecule has 1 rings (SSSR count). The molecular weight excluding hydrogens is 301 g/mol. The lowest BCUT2D eigenvalue weighted by Gasteiger charge is -2.23. The van der Waals surface area contributed by atoms with E-state index in [0.717, 1.165) is 5.56 Å². The molecule has 0 aliphatic heterocycles. The first kappa shape index (κ1) is 16.7. The van der Waals surface area contributed by atoms with E-state index in [-0.39, 0.29) is 16.7 Å². The normalized spacial score (nSPS) is 13.2. The lowest BCUT2D eigenvalue weighted by molar-refractivity contribution is -0.121. The number of amides is 1. The molecule has 5 heteroatoms. The van der Waals surface area contributed by atoms with Gasteiger partial charge in [-0.15, -0.1) is 11.8 Å². The zero-order chi connectivity index (χ0) is 14.6. The van der Waals surface area contributed by atoms with Crippen LogP contribution in [-0.4, -0.2) is 16.7 Å². The van der Waals surface area contributed by atoms with Crippen molar-refractivity contribution in [2.45, 2.75) is 44.2 Å². The van der Waals surface area contributed by atoms with Gasteiger partial charge in [0.25, 0.3) is 0 Å². The Kier molecular flexibility index (Phi) is 6.03. The van der Waals surface area contributed by atoms with E-state index in [0.29, 0.717) is 15.8 Å². The van der Waals surface area contributed by atoms with Crippen LogP contribution in [0.4, 0.5) is 0 Å². The van der Waals surface area contributed by atoms with Gasteiger partial charge in [0.1, 0.15) is 0 Å². The molecule has 0 spiro atoms. The van der Waals surface area contributed by atoms with Gasteiger partial charge in [0.2, 0.25) is 5.91 Å². The standard InChI is InChI=1S/C14H19Cl2NOS/c1-9(13(18)17-14(2,3)4)19-8-10-5-6-11(15)7-12(10)16/h5-7,9H,8H2,1-4H3,(H,17,18)/t9-/m0/s1. The molecule has 1 aromatic rings. The number of rotatable bonds is 4. The number of thioether (sulfide) groups is 1. The maximum Gasteiger partial charge on any atom is 0.233 e. The SMILES string of the molecule is C[C@H](SCc1ccc(Cl)cc1Cl)C(=O)NC(C)(C)C. The predicted octanol–water partition coefficient (Wildman–Crippen LogP) is 4.53. The van der Waals surface area contributed by atoms with E-state index in [2.05, 4.69) is 5.32 Å². The molecule has 0 unspecified atom stereocenters. The first-order valence-electron chi connectivity index (χ1n) is 6.06. The molecule has 0 saturated carbocycles. The van der Waals surface area contributed by atoms with Crippen molar-refractivity contribution in [2.75, 3.05) is 0 Å². The molecule has 0 heterocycles. The molecule has 2 nitrogen and oxygen atoms in total. The summed E-state index contributed by atoms with van der Waals surface area (Å²) in [6.07, 6.45) is 0. The zero-order valence-electron chi connectivity index (χ0n) is 11.6. The van der Waals surface area contributed by atoms with E-state index < -0.39 is 0 Å². The highest BCUT2D eigenvalue weighted by atomic mass is 35.5. The molecule has 0 aliphatic carbocycles. The van der Waals surface area contributed by atoms with Crippen molar-refractivity contribution in [3.63, 3.8) is 0 Å². The number of benzene rings is 1. The fourth-order valence-corrected chi connectivity index (χ4v) is 2.85. The minimum absolute atomic E-state index is 0.0441. The van der Waals surface area contributed by atoms with Crippen LogP contribution >= 0.6 is 35.0 Å². The first-order chi connectivity index (χ1) is 8.69. The maximum atomic E-state index is 11.9. The summed E-state index contributed by atoms with van der Waals surface area (Å²) in [5.74, 6) is 0.733. The Morgan fingerprint density at radius 2 is 2.00 bits per heavy atom. The van der Waals surface area contributed by atoms with Gasteiger partial charge in [-0.05, 0) is 45.4 Å². The molecule has 0 radical (unpaired) electrons. The molecule has 1 atom stereocenters. The van der Waals surface area contributed by atoms with Gasteiger partial charge in [0.15, 0.2) is 0 Å². The quantitative estimate of drug-likeness (QED) is 0.883. The van der Waals surface area contributed by atoms with Crippen molar-refractivity contribution >= 4 is 40.9 Å². The van der Waals surface area contributed by atoms with E-state index in [4.69, 9.17) is 23.2 Å². The van der Waals surface area contributed by atoms with Gasteiger partial charge in [-0.2, -0.15) is 0 Å². The average Bonchev–Trinajstić information content (AvgIpc) is 2.25. The molecule has 0 aromatic heterocycles. The predicted molar refractivity (Wildman–Crippen MR) is 85.1 cm³/mol. The van der Waals surface area contributed by atoms with Crippen molar-refractivity contribution in [2.24, 2.45) is 0 Å². The van der Waals surface area contributed by atoms with Crippen molar-refractivity contribution in [1.82, 2.24) is 5.32 Å². The molecular formula is C14H19Cl2NOS. The van der Waals surface area contributed by atoms with E-state index in [9.17, 15) is 4.79 Å². The third-order valence-electron chi connectivity index (χ3n) is 2.37. The van der Waals surface area contributed by atoms with Crippen LogP contribution in [0.2, 0.25) is 10.0 Å². The third-order valence-corrected chi connectivity index (χ3v) is 4.15. The number of halogens is 2. The number of hydrogen-bond donors (Lipinski definition) is 1. The molecule has 0 saturated heterocycles. The Hall–Kier alpha value is -0.380. The lowest BCUT2D eigenvalue weighted by atomic mass is 10.1. The molecule has 0 aliphatic rings. The topological polar surface area (TPSA) is 29.1 Å². The van der Waals surface area contributed by atoms with Gasteiger partial charge < -0.3 is 5.32 Å². The van der Waals surface area contributed by atoms with Crippen molar-refractivity contribution in [3.8, 4) is 0 Å². The van der Waals surface area contributed by atoms with Gasteiger partial charge in [-0.1, -0.05) is 29.3 Å². The Balaban J connectivity index is 2.54. The maximum absolute atomic E-state index is 11.9. The molecule has 1 aromatic carbocycles. The van der Waals surface area contributed by atoms with Crippen molar-refractivity contribution in [3.05, 3.63) is 33.8 Å². The Morgan fingerprint density at radius 1 is 1.37 bits per heavy atom. The summed E-state index contributed by atoms with van der Waals surface area (Å²) in [5, 5.41) is 4.11. The van der Waals surface area contributed by atoms with Gasteiger partial charge in [0, 0.05) is 21.3 Å². The van der Waals surface area contributed by atoms with E-state index in [1.54, 1.807) is 17.8 Å². The van der Waals surface area contributed by atoms with Crippen LogP contribution in [0.3, 0.4) is 0 Å². The highest BCUT2D eigenvalue weighted by Crippen LogP contribution is 2.26. The average molecular weight is 320 g/mol. The summed E-state index contributed by atoms with van der Waals surface area (Å²) in [4.78, 5) is 11.9. The minimum atomic E-state index is -0.205. The van der Waals surface area contributed by atoms with E-state index in [1.165, 1.54) is 0 Å². The third kappa shape index (κ3) is 6.07. The second-order valence-electron chi connectivity index (χ2n) is 5.43. The first-order valence-corrected chi connectivity index (χ1v) is 7.87. The second kappa shape index (κ2) is 6.87. The fourth-order valence-electron chi connectivity index (χ4n) is 1.40. The van der Waals surface area contributed by atoms with E-state index in [1.807, 2.05) is 39.8 Å². The van der Waals surface area contributed by atoms with Crippen LogP contribution in [0, 0.1) is 0 Å². The van der Waals surface area contributed by atoms with E-state index >= 15 is 0 Å². The van der Waals surface area contributed by atoms with Gasteiger partial charge in [-0.3, -0.25) is 4.79 Å². The highest BCUT2D eigenvalue weighted by molar-refractivity contribution is 7.99. The number of nitrogens with one attached hydrogen (secondary N) is 1. The molecule has 1 N–H and O–H groups in total. The molecule has 0 bridgehead atoms. The monoisotopic (exact) mass is 319 g/mol. The van der Waals surface area contributed by atoms with Gasteiger partial charge in [0.05, 0.1) is 5.25 Å². The number of hydrogen-bond acceptors (Lipinski definition) is 2. The fraction of sp³-hybridized carbons (Fsp3) is 0.500. The van der Waals surface area contributed by atoms with Crippen LogP contribution in [0.15, 0.2) is 18.2 Å². The lowest BCUT2D eigenvalue weighted by Crippen LogP contribution is -2.44. The molecule has 19 heavy (non-hydrogen) atoms. The zero-order valence-corrected chi connectivity index (χ0v) is 13.9. The van der Waals surface area contributed by atoms with Crippen LogP contribution < -0.4 is 5.32 Å². The summed E-state index contributed by atoms with van der Waals surface area (Å²) in [6.45, 7) is 7.81.